The first-order valence-corrected chi connectivity index (χ1v) is 12.6. The molecule has 0 aliphatic rings. The van der Waals surface area contributed by atoms with Crippen molar-refractivity contribution in [3.05, 3.63) is 130 Å². The van der Waals surface area contributed by atoms with Crippen LogP contribution in [-0.4, -0.2) is 25.6 Å². The molecule has 1 amide bonds. The second-order valence-electron chi connectivity index (χ2n) is 9.26. The molecule has 0 aliphatic carbocycles. The fourth-order valence-electron chi connectivity index (χ4n) is 4.28. The van der Waals surface area contributed by atoms with Crippen molar-refractivity contribution in [1.82, 2.24) is 19.7 Å². The second kappa shape index (κ2) is 11.5. The average Bonchev–Trinajstić information content (AvgIpc) is 3.59. The van der Waals surface area contributed by atoms with Crippen LogP contribution in [0.5, 0.6) is 0 Å². The third kappa shape index (κ3) is 6.08. The maximum absolute atomic E-state index is 14.6. The molecule has 0 atom stereocenters. The summed E-state index contributed by atoms with van der Waals surface area (Å²) in [6.07, 6.45) is 1.53. The number of aromatic nitrogens is 3. The molecule has 40 heavy (non-hydrogen) atoms. The van der Waals surface area contributed by atoms with Crippen molar-refractivity contribution in [3.8, 4) is 17.4 Å². The van der Waals surface area contributed by atoms with Crippen LogP contribution >= 0.6 is 11.6 Å². The molecule has 5 aromatic rings. The predicted octanol–water partition coefficient (Wildman–Crippen LogP) is 6.54. The van der Waals surface area contributed by atoms with E-state index < -0.39 is 17.5 Å². The number of amides is 1. The van der Waals surface area contributed by atoms with Crippen molar-refractivity contribution < 1.29 is 18.0 Å². The molecule has 0 spiro atoms. The minimum absolute atomic E-state index is 0.0295. The van der Waals surface area contributed by atoms with E-state index in [4.69, 9.17) is 21.3 Å². The van der Waals surface area contributed by atoms with Crippen LogP contribution in [0.4, 0.5) is 8.78 Å². The maximum Gasteiger partial charge on any atom is 0.290 e. The molecule has 2 aromatic heterocycles. The van der Waals surface area contributed by atoms with Gasteiger partial charge in [-0.1, -0.05) is 29.8 Å². The Bertz CT molecular complexity index is 1700. The maximum atomic E-state index is 14.6. The van der Waals surface area contributed by atoms with E-state index in [2.05, 4.69) is 16.3 Å². The Balaban J connectivity index is 1.44. The van der Waals surface area contributed by atoms with Gasteiger partial charge in [0.1, 0.15) is 23.7 Å². The largest absolute Gasteiger partial charge is 0.451 e. The van der Waals surface area contributed by atoms with E-state index in [1.807, 2.05) is 31.2 Å². The van der Waals surface area contributed by atoms with Crippen molar-refractivity contribution in [1.29, 1.82) is 5.26 Å². The Morgan fingerprint density at radius 2 is 1.85 bits per heavy atom. The minimum atomic E-state index is -0.772. The molecule has 10 heteroatoms. The zero-order chi connectivity index (χ0) is 28.2. The van der Waals surface area contributed by atoms with Gasteiger partial charge in [-0.25, -0.2) is 8.78 Å². The highest BCUT2D eigenvalue weighted by molar-refractivity contribution is 6.30. The molecular formula is C30H22ClF2N5O2. The van der Waals surface area contributed by atoms with Crippen LogP contribution in [0.25, 0.3) is 11.3 Å². The lowest BCUT2D eigenvalue weighted by Crippen LogP contribution is -2.31. The lowest BCUT2D eigenvalue weighted by molar-refractivity contribution is 0.0690. The molecule has 0 fully saturated rings. The van der Waals surface area contributed by atoms with Gasteiger partial charge in [0.15, 0.2) is 11.6 Å². The van der Waals surface area contributed by atoms with Crippen LogP contribution in [0, 0.1) is 29.9 Å². The first-order chi connectivity index (χ1) is 19.3. The van der Waals surface area contributed by atoms with E-state index in [0.717, 1.165) is 23.3 Å². The van der Waals surface area contributed by atoms with Crippen molar-refractivity contribution >= 4 is 17.5 Å². The first-order valence-electron chi connectivity index (χ1n) is 12.3. The summed E-state index contributed by atoms with van der Waals surface area (Å²) in [5, 5.41) is 17.8. The minimum Gasteiger partial charge on any atom is -0.451 e. The van der Waals surface area contributed by atoms with Gasteiger partial charge in [-0.2, -0.15) is 5.26 Å². The molecule has 5 rings (SSSR count). The van der Waals surface area contributed by atoms with Crippen LogP contribution in [0.15, 0.2) is 83.5 Å². The zero-order valence-electron chi connectivity index (χ0n) is 21.3. The van der Waals surface area contributed by atoms with E-state index in [1.165, 1.54) is 17.3 Å². The van der Waals surface area contributed by atoms with Gasteiger partial charge in [0.25, 0.3) is 5.91 Å². The summed E-state index contributed by atoms with van der Waals surface area (Å²) in [7, 11) is 0. The Morgan fingerprint density at radius 1 is 1.05 bits per heavy atom. The number of aryl methyl sites for hydroxylation is 1. The van der Waals surface area contributed by atoms with E-state index in [1.54, 1.807) is 34.9 Å². The van der Waals surface area contributed by atoms with Crippen molar-refractivity contribution in [2.75, 3.05) is 0 Å². The van der Waals surface area contributed by atoms with Crippen LogP contribution in [0.2, 0.25) is 5.02 Å². The molecular weight excluding hydrogens is 536 g/mol. The summed E-state index contributed by atoms with van der Waals surface area (Å²) in [4.78, 5) is 15.1. The summed E-state index contributed by atoms with van der Waals surface area (Å²) in [6, 6.07) is 21.0. The van der Waals surface area contributed by atoms with Gasteiger partial charge >= 0.3 is 0 Å². The quantitative estimate of drug-likeness (QED) is 0.216. The van der Waals surface area contributed by atoms with Crippen molar-refractivity contribution in [2.24, 2.45) is 0 Å². The number of carbonyl (C=O) groups is 1. The van der Waals surface area contributed by atoms with E-state index >= 15 is 0 Å². The number of benzene rings is 3. The Kier molecular flexibility index (Phi) is 7.71. The van der Waals surface area contributed by atoms with Crippen molar-refractivity contribution in [2.45, 2.75) is 26.6 Å². The first kappa shape index (κ1) is 26.8. The lowest BCUT2D eigenvalue weighted by atomic mass is 10.1. The molecule has 0 bridgehead atoms. The molecule has 0 radical (unpaired) electrons. The van der Waals surface area contributed by atoms with Crippen LogP contribution in [0.1, 0.15) is 38.6 Å². The highest BCUT2D eigenvalue weighted by Gasteiger charge is 2.24. The number of nitrogens with zero attached hydrogens (tertiary/aromatic N) is 5. The van der Waals surface area contributed by atoms with Gasteiger partial charge in [0.05, 0.1) is 24.7 Å². The standard InChI is InChI=1S/C30H22ClF2N5O2/c1-19-10-23(12-24(31)11-19)27-8-9-28(40-27)30(39)37(16-22-6-7-25(32)13-26(22)33)17-29-36-35-18-38(29)15-21-4-2-20(14-34)3-5-21/h2-13,18H,15-17H2,1H3. The molecule has 7 nitrogen and oxygen atoms in total. The monoisotopic (exact) mass is 557 g/mol. The Hall–Kier alpha value is -4.81. The van der Waals surface area contributed by atoms with Crippen LogP contribution in [0.3, 0.4) is 0 Å². The van der Waals surface area contributed by atoms with Gasteiger partial charge in [-0.15, -0.1) is 10.2 Å². The van der Waals surface area contributed by atoms with E-state index in [-0.39, 0.29) is 24.4 Å². The second-order valence-corrected chi connectivity index (χ2v) is 9.70. The molecule has 0 saturated heterocycles. The average molecular weight is 558 g/mol. The molecule has 3 aromatic carbocycles. The number of rotatable bonds is 8. The normalized spacial score (nSPS) is 10.9. The fourth-order valence-corrected chi connectivity index (χ4v) is 4.57. The van der Waals surface area contributed by atoms with Gasteiger partial charge < -0.3 is 13.9 Å². The predicted molar refractivity (Wildman–Crippen MR) is 144 cm³/mol. The topological polar surface area (TPSA) is 88.0 Å². The number of hydrogen-bond acceptors (Lipinski definition) is 5. The number of halogens is 3. The molecule has 0 N–H and O–H groups in total. The summed E-state index contributed by atoms with van der Waals surface area (Å²) < 4.78 is 35.8. The number of furan rings is 1. The number of hydrogen-bond donors (Lipinski definition) is 0. The molecule has 200 valence electrons. The third-order valence-electron chi connectivity index (χ3n) is 6.27. The highest BCUT2D eigenvalue weighted by Crippen LogP contribution is 2.28. The summed E-state index contributed by atoms with van der Waals surface area (Å²) in [5.74, 6) is -1.07. The van der Waals surface area contributed by atoms with Gasteiger partial charge in [-0.3, -0.25) is 4.79 Å². The third-order valence-corrected chi connectivity index (χ3v) is 6.49. The highest BCUT2D eigenvalue weighted by atomic mass is 35.5. The SMILES string of the molecule is Cc1cc(Cl)cc(-c2ccc(C(=O)N(Cc3ccc(F)cc3F)Cc3nncn3Cc3ccc(C#N)cc3)o2)c1. The lowest BCUT2D eigenvalue weighted by Gasteiger charge is -2.22. The summed E-state index contributed by atoms with van der Waals surface area (Å²) >= 11 is 6.20. The molecule has 0 unspecified atom stereocenters. The Labute approximate surface area is 233 Å². The molecule has 2 heterocycles. The molecule has 0 aliphatic heterocycles. The van der Waals surface area contributed by atoms with Crippen molar-refractivity contribution in [3.63, 3.8) is 0 Å². The van der Waals surface area contributed by atoms with E-state index in [9.17, 15) is 13.6 Å². The van der Waals surface area contributed by atoms with Crippen LogP contribution in [-0.2, 0) is 19.6 Å². The number of carbonyl (C=O) groups excluding carboxylic acids is 1. The summed E-state index contributed by atoms with van der Waals surface area (Å²) in [6.45, 7) is 2.09. The van der Waals surface area contributed by atoms with Gasteiger partial charge in [0.2, 0.25) is 0 Å². The fraction of sp³-hybridized carbons (Fsp3) is 0.133. The smallest absolute Gasteiger partial charge is 0.290 e. The Morgan fingerprint density at radius 3 is 2.58 bits per heavy atom. The molecule has 0 saturated carbocycles. The van der Waals surface area contributed by atoms with E-state index in [0.29, 0.717) is 34.3 Å². The number of nitriles is 1. The summed E-state index contributed by atoms with van der Waals surface area (Å²) in [5.41, 5.74) is 3.21. The zero-order valence-corrected chi connectivity index (χ0v) is 22.1. The van der Waals surface area contributed by atoms with Crippen LogP contribution < -0.4 is 0 Å². The van der Waals surface area contributed by atoms with Gasteiger partial charge in [-0.05, 0) is 66.6 Å². The van der Waals surface area contributed by atoms with Gasteiger partial charge in [0, 0.05) is 28.8 Å².